The molecule has 0 aliphatic carbocycles. The minimum absolute atomic E-state index is 0.0469. The zero-order valence-corrected chi connectivity index (χ0v) is 22.6. The number of phosphoric ester groups is 1. The molecule has 0 radical (unpaired) electrons. The summed E-state index contributed by atoms with van der Waals surface area (Å²) in [5.74, 6) is -2.59. The van der Waals surface area contributed by atoms with Gasteiger partial charge >= 0.3 is 19.8 Å². The average molecular weight is 527 g/mol. The van der Waals surface area contributed by atoms with E-state index in [1.165, 1.54) is 0 Å². The molecule has 0 aromatic rings. The fraction of sp³-hybridized carbons (Fsp3) is 0.864. The second kappa shape index (κ2) is 17.0. The number of phosphoric acid groups is 1. The Kier molecular flexibility index (Phi) is 16.2. The van der Waals surface area contributed by atoms with Crippen LogP contribution in [0.15, 0.2) is 0 Å². The smallest absolute Gasteiger partial charge is 0.472 e. The third-order valence-corrected chi connectivity index (χ3v) is 6.43. The first-order valence-electron chi connectivity index (χ1n) is 12.1. The molecule has 35 heavy (non-hydrogen) atoms. The van der Waals surface area contributed by atoms with Gasteiger partial charge in [-0.15, -0.1) is 0 Å². The number of hydrogen-bond acceptors (Lipinski definition) is 8. The second-order valence-corrected chi connectivity index (χ2v) is 10.9. The van der Waals surface area contributed by atoms with Crippen molar-refractivity contribution in [2.24, 2.45) is 17.6 Å². The predicted octanol–water partition coefficient (Wildman–Crippen LogP) is 1.51. The first-order chi connectivity index (χ1) is 16.2. The van der Waals surface area contributed by atoms with E-state index in [-0.39, 0.29) is 31.6 Å². The maximum Gasteiger partial charge on any atom is 0.472 e. The molecule has 4 unspecified atom stereocenters. The number of carboxylic acids is 1. The topological polar surface area (TPSA) is 174 Å². The van der Waals surface area contributed by atoms with E-state index in [1.54, 1.807) is 0 Å². The van der Waals surface area contributed by atoms with Crippen molar-refractivity contribution in [3.8, 4) is 0 Å². The summed E-state index contributed by atoms with van der Waals surface area (Å²) in [4.78, 5) is 45.3. The molecule has 0 heterocycles. The van der Waals surface area contributed by atoms with Crippen molar-refractivity contribution in [1.82, 2.24) is 5.32 Å². The molecular weight excluding hydrogens is 481 g/mol. The zero-order valence-electron chi connectivity index (χ0n) is 21.7. The van der Waals surface area contributed by atoms with E-state index < -0.39 is 31.7 Å². The van der Waals surface area contributed by atoms with Crippen molar-refractivity contribution in [1.29, 1.82) is 0 Å². The highest BCUT2D eigenvalue weighted by atomic mass is 31.2. The highest BCUT2D eigenvalue weighted by molar-refractivity contribution is 7.47. The molecule has 0 aromatic heterocycles. The predicted molar refractivity (Wildman–Crippen MR) is 130 cm³/mol. The second-order valence-electron chi connectivity index (χ2n) is 9.49. The lowest BCUT2D eigenvalue weighted by atomic mass is 9.90. The van der Waals surface area contributed by atoms with Gasteiger partial charge in [0.2, 0.25) is 5.91 Å². The number of esters is 1. The molecule has 1 amide bonds. The zero-order chi connectivity index (χ0) is 27.1. The van der Waals surface area contributed by atoms with Gasteiger partial charge in [-0.3, -0.25) is 23.4 Å². The maximum absolute atomic E-state index is 12.5. The van der Waals surface area contributed by atoms with Crippen LogP contribution in [0, 0.1) is 11.8 Å². The number of likely N-dealkylation sites (N-methyl/N-ethyl adjacent to an activating group) is 1. The molecule has 0 bridgehead atoms. The van der Waals surface area contributed by atoms with E-state index in [9.17, 15) is 23.8 Å². The third kappa shape index (κ3) is 16.7. The van der Waals surface area contributed by atoms with Crippen molar-refractivity contribution in [2.75, 3.05) is 54.1 Å². The minimum Gasteiger partial charge on any atom is -0.480 e. The monoisotopic (exact) mass is 526 g/mol. The molecule has 12 nitrogen and oxygen atoms in total. The van der Waals surface area contributed by atoms with Gasteiger partial charge in [0.05, 0.1) is 33.7 Å². The van der Waals surface area contributed by atoms with Crippen molar-refractivity contribution < 1.29 is 47.2 Å². The van der Waals surface area contributed by atoms with E-state index in [0.717, 1.165) is 0 Å². The Labute approximate surface area is 208 Å². The summed E-state index contributed by atoms with van der Waals surface area (Å²) < 4.78 is 27.4. The number of quaternary nitrogens is 1. The fourth-order valence-electron chi connectivity index (χ4n) is 3.08. The first kappa shape index (κ1) is 33.4. The summed E-state index contributed by atoms with van der Waals surface area (Å²) in [5.41, 5.74) is 5.45. The molecule has 4 atom stereocenters. The summed E-state index contributed by atoms with van der Waals surface area (Å²) in [6, 6.07) is -0.902. The lowest BCUT2D eigenvalue weighted by Crippen LogP contribution is -2.37. The minimum atomic E-state index is -4.23. The van der Waals surface area contributed by atoms with Crippen LogP contribution in [0.1, 0.15) is 52.4 Å². The Morgan fingerprint density at radius 1 is 1.00 bits per heavy atom. The molecule has 0 saturated carbocycles. The Balaban J connectivity index is 4.37. The third-order valence-electron chi connectivity index (χ3n) is 5.42. The molecule has 0 aliphatic heterocycles. The van der Waals surface area contributed by atoms with Crippen LogP contribution >= 0.6 is 7.82 Å². The van der Waals surface area contributed by atoms with Gasteiger partial charge in [-0.25, -0.2) is 4.57 Å². The highest BCUT2D eigenvalue weighted by Gasteiger charge is 2.27. The lowest BCUT2D eigenvalue weighted by molar-refractivity contribution is -0.870. The summed E-state index contributed by atoms with van der Waals surface area (Å²) in [5, 5.41) is 11.6. The van der Waals surface area contributed by atoms with Gasteiger partial charge in [0, 0.05) is 12.5 Å². The highest BCUT2D eigenvalue weighted by Crippen LogP contribution is 2.42. The standard InChI is InChI=1S/C22H44N3O9P/c1-6-17(20(26)24-11-9-8-10-19(23)21(27)28)16-18(7-2)22(29)32-14-15-34-35(30,31)33-13-12-25(3,4)5/h17-19H,6-16,23H2,1-5H3,(H2-,24,26,27,28,30,31)/p+1. The van der Waals surface area contributed by atoms with Crippen LogP contribution in [0.5, 0.6) is 0 Å². The largest absolute Gasteiger partial charge is 0.480 e. The summed E-state index contributed by atoms with van der Waals surface area (Å²) >= 11 is 0. The molecule has 13 heteroatoms. The molecule has 0 spiro atoms. The number of nitrogens with zero attached hydrogens (tertiary/aromatic N) is 1. The van der Waals surface area contributed by atoms with Gasteiger partial charge < -0.3 is 30.3 Å². The Morgan fingerprint density at radius 3 is 2.14 bits per heavy atom. The van der Waals surface area contributed by atoms with Crippen molar-refractivity contribution >= 4 is 25.7 Å². The van der Waals surface area contributed by atoms with Gasteiger partial charge in [-0.2, -0.15) is 0 Å². The van der Waals surface area contributed by atoms with Crippen molar-refractivity contribution in [3.05, 3.63) is 0 Å². The molecule has 0 rings (SSSR count). The molecule has 5 N–H and O–H groups in total. The van der Waals surface area contributed by atoms with Crippen LogP contribution in [0.25, 0.3) is 0 Å². The number of carbonyl (C=O) groups is 3. The van der Waals surface area contributed by atoms with Crippen LogP contribution in [-0.4, -0.2) is 92.4 Å². The summed E-state index contributed by atoms with van der Waals surface area (Å²) in [6.07, 6.45) is 2.86. The van der Waals surface area contributed by atoms with Gasteiger partial charge in [0.1, 0.15) is 25.8 Å². The van der Waals surface area contributed by atoms with E-state index >= 15 is 0 Å². The number of amides is 1. The van der Waals surface area contributed by atoms with Crippen molar-refractivity contribution in [3.63, 3.8) is 0 Å². The summed E-state index contributed by atoms with van der Waals surface area (Å²) in [6.45, 7) is 4.15. The number of rotatable bonds is 20. The molecule has 0 saturated heterocycles. The molecule has 0 fully saturated rings. The Bertz CT molecular complexity index is 700. The average Bonchev–Trinajstić information content (AvgIpc) is 2.75. The SMILES string of the molecule is CCC(CC(CC)C(=O)OCCOP(=O)(O)OCC[N+](C)(C)C)C(=O)NCCCCC(N)C(=O)O. The lowest BCUT2D eigenvalue weighted by Gasteiger charge is -2.24. The van der Waals surface area contributed by atoms with Crippen LogP contribution in [0.2, 0.25) is 0 Å². The Morgan fingerprint density at radius 2 is 1.60 bits per heavy atom. The number of unbranched alkanes of at least 4 members (excludes halogenated alkanes) is 1. The Hall–Kier alpha value is -1.56. The number of ether oxygens (including phenoxy) is 1. The quantitative estimate of drug-likeness (QED) is 0.0787. The van der Waals surface area contributed by atoms with E-state index in [4.69, 9.17) is 24.6 Å². The van der Waals surface area contributed by atoms with Crippen molar-refractivity contribution in [2.45, 2.75) is 58.4 Å². The fourth-order valence-corrected chi connectivity index (χ4v) is 3.77. The van der Waals surface area contributed by atoms with E-state index in [0.29, 0.717) is 56.1 Å². The number of nitrogens with one attached hydrogen (secondary N) is 1. The molecule has 206 valence electrons. The molecule has 0 aromatic carbocycles. The van der Waals surface area contributed by atoms with Crippen LogP contribution in [0.4, 0.5) is 0 Å². The van der Waals surface area contributed by atoms with Crippen LogP contribution < -0.4 is 11.1 Å². The molecular formula is C22H45N3O9P+. The van der Waals surface area contributed by atoms with Gasteiger partial charge in [0.25, 0.3) is 0 Å². The van der Waals surface area contributed by atoms with E-state index in [1.807, 2.05) is 35.0 Å². The summed E-state index contributed by atoms with van der Waals surface area (Å²) in [7, 11) is 1.54. The number of aliphatic carboxylic acids is 1. The first-order valence-corrected chi connectivity index (χ1v) is 13.6. The molecule has 0 aliphatic rings. The van der Waals surface area contributed by atoms with Gasteiger partial charge in [-0.05, 0) is 38.5 Å². The normalized spacial score (nSPS) is 16.1. The van der Waals surface area contributed by atoms with Gasteiger partial charge in [0.15, 0.2) is 0 Å². The number of carbonyl (C=O) groups excluding carboxylic acids is 2. The van der Waals surface area contributed by atoms with Crippen LogP contribution in [0.3, 0.4) is 0 Å². The number of nitrogens with two attached hydrogens (primary N) is 1. The van der Waals surface area contributed by atoms with Gasteiger partial charge in [-0.1, -0.05) is 13.8 Å². The number of carboxylic acid groups (broad SMARTS) is 1. The maximum atomic E-state index is 12.5. The van der Waals surface area contributed by atoms with E-state index in [2.05, 4.69) is 5.32 Å². The number of hydrogen-bond donors (Lipinski definition) is 4. The van der Waals surface area contributed by atoms with Crippen LogP contribution in [-0.2, 0) is 32.7 Å².